The zero-order valence-corrected chi connectivity index (χ0v) is 15.0. The molecule has 1 aliphatic rings. The third-order valence-electron chi connectivity index (χ3n) is 4.22. The molecule has 6 nitrogen and oxygen atoms in total. The van der Waals surface area contributed by atoms with E-state index in [0.29, 0.717) is 11.8 Å². The second kappa shape index (κ2) is 8.66. The Morgan fingerprint density at radius 3 is 2.96 bits per heavy atom. The van der Waals surface area contributed by atoms with Crippen molar-refractivity contribution in [3.8, 4) is 0 Å². The number of rotatable bonds is 8. The summed E-state index contributed by atoms with van der Waals surface area (Å²) in [7, 11) is 0. The molecular weight excluding hydrogens is 300 g/mol. The molecule has 1 unspecified atom stereocenters. The number of hydrogen-bond acceptors (Lipinski definition) is 5. The minimum atomic E-state index is 0.220. The SMILES string of the molecule is CC(CCC(C)(C)CNC1=NCCN1)CN=C(N)c1ccccn1. The van der Waals surface area contributed by atoms with Gasteiger partial charge in [0, 0.05) is 25.8 Å². The molecule has 2 rings (SSSR count). The lowest BCUT2D eigenvalue weighted by Gasteiger charge is -2.26. The Labute approximate surface area is 145 Å². The van der Waals surface area contributed by atoms with Crippen molar-refractivity contribution in [3.63, 3.8) is 0 Å². The summed E-state index contributed by atoms with van der Waals surface area (Å²) in [5.74, 6) is 1.95. The van der Waals surface area contributed by atoms with E-state index >= 15 is 0 Å². The Hall–Kier alpha value is -2.11. The lowest BCUT2D eigenvalue weighted by atomic mass is 9.85. The van der Waals surface area contributed by atoms with Crippen molar-refractivity contribution in [3.05, 3.63) is 30.1 Å². The highest BCUT2D eigenvalue weighted by Crippen LogP contribution is 2.24. The molecule has 0 saturated carbocycles. The van der Waals surface area contributed by atoms with Crippen molar-refractivity contribution in [2.24, 2.45) is 27.1 Å². The number of aliphatic imine (C=N–C) groups is 2. The second-order valence-corrected chi connectivity index (χ2v) is 7.26. The van der Waals surface area contributed by atoms with Gasteiger partial charge in [0.15, 0.2) is 5.96 Å². The van der Waals surface area contributed by atoms with Gasteiger partial charge in [-0.15, -0.1) is 0 Å². The van der Waals surface area contributed by atoms with Crippen LogP contribution in [0.1, 0.15) is 39.3 Å². The van der Waals surface area contributed by atoms with Crippen LogP contribution in [0.15, 0.2) is 34.4 Å². The summed E-state index contributed by atoms with van der Waals surface area (Å²) in [6, 6.07) is 5.69. The Balaban J connectivity index is 1.72. The van der Waals surface area contributed by atoms with Gasteiger partial charge in [-0.2, -0.15) is 0 Å². The predicted octanol–water partition coefficient (Wildman–Crippen LogP) is 1.78. The van der Waals surface area contributed by atoms with Gasteiger partial charge in [-0.25, -0.2) is 0 Å². The minimum Gasteiger partial charge on any atom is -0.382 e. The van der Waals surface area contributed by atoms with Gasteiger partial charge in [0.05, 0.1) is 6.54 Å². The van der Waals surface area contributed by atoms with Crippen molar-refractivity contribution in [1.29, 1.82) is 0 Å². The first-order valence-corrected chi connectivity index (χ1v) is 8.70. The first kappa shape index (κ1) is 18.2. The topological polar surface area (TPSA) is 87.7 Å². The van der Waals surface area contributed by atoms with E-state index in [-0.39, 0.29) is 5.41 Å². The molecule has 132 valence electrons. The van der Waals surface area contributed by atoms with Gasteiger partial charge >= 0.3 is 0 Å². The van der Waals surface area contributed by atoms with Crippen LogP contribution in [0.2, 0.25) is 0 Å². The molecule has 0 spiro atoms. The van der Waals surface area contributed by atoms with Gasteiger partial charge in [-0.1, -0.05) is 26.8 Å². The summed E-state index contributed by atoms with van der Waals surface area (Å²) in [5.41, 5.74) is 6.97. The molecule has 2 heterocycles. The van der Waals surface area contributed by atoms with E-state index in [1.54, 1.807) is 6.20 Å². The van der Waals surface area contributed by atoms with Gasteiger partial charge < -0.3 is 16.4 Å². The maximum atomic E-state index is 6.00. The molecule has 0 saturated heterocycles. The van der Waals surface area contributed by atoms with E-state index in [9.17, 15) is 0 Å². The third-order valence-corrected chi connectivity index (χ3v) is 4.22. The second-order valence-electron chi connectivity index (χ2n) is 7.26. The fourth-order valence-electron chi connectivity index (χ4n) is 2.51. The van der Waals surface area contributed by atoms with Crippen LogP contribution >= 0.6 is 0 Å². The molecule has 24 heavy (non-hydrogen) atoms. The van der Waals surface area contributed by atoms with E-state index in [1.165, 1.54) is 0 Å². The van der Waals surface area contributed by atoms with E-state index in [4.69, 9.17) is 5.73 Å². The summed E-state index contributed by atoms with van der Waals surface area (Å²) >= 11 is 0. The molecule has 0 radical (unpaired) electrons. The molecule has 1 aromatic heterocycles. The molecule has 1 aliphatic heterocycles. The number of nitrogens with zero attached hydrogens (tertiary/aromatic N) is 3. The Bertz CT molecular complexity index is 564. The summed E-state index contributed by atoms with van der Waals surface area (Å²) in [5, 5.41) is 6.64. The Morgan fingerprint density at radius 1 is 1.46 bits per heavy atom. The van der Waals surface area contributed by atoms with Crippen molar-refractivity contribution in [1.82, 2.24) is 15.6 Å². The zero-order valence-electron chi connectivity index (χ0n) is 15.0. The van der Waals surface area contributed by atoms with Crippen molar-refractivity contribution < 1.29 is 0 Å². The van der Waals surface area contributed by atoms with E-state index in [2.05, 4.69) is 46.4 Å². The average Bonchev–Trinajstić information content (AvgIpc) is 3.11. The van der Waals surface area contributed by atoms with E-state index in [0.717, 1.165) is 50.7 Å². The van der Waals surface area contributed by atoms with Gasteiger partial charge in [0.2, 0.25) is 0 Å². The van der Waals surface area contributed by atoms with E-state index < -0.39 is 0 Å². The molecular formula is C18H30N6. The van der Waals surface area contributed by atoms with Crippen LogP contribution in [0.5, 0.6) is 0 Å². The van der Waals surface area contributed by atoms with Gasteiger partial charge in [-0.05, 0) is 36.3 Å². The fraction of sp³-hybridized carbons (Fsp3) is 0.611. The summed E-state index contributed by atoms with van der Waals surface area (Å²) in [4.78, 5) is 13.1. The van der Waals surface area contributed by atoms with Crippen molar-refractivity contribution in [2.45, 2.75) is 33.6 Å². The molecule has 1 atom stereocenters. The Kier molecular flexibility index (Phi) is 6.58. The average molecular weight is 330 g/mol. The number of amidine groups is 1. The van der Waals surface area contributed by atoms with Gasteiger partial charge in [-0.3, -0.25) is 15.0 Å². The lowest BCUT2D eigenvalue weighted by Crippen LogP contribution is -2.39. The number of aromatic nitrogens is 1. The molecule has 1 aromatic rings. The summed E-state index contributed by atoms with van der Waals surface area (Å²) in [6.07, 6.45) is 3.99. The van der Waals surface area contributed by atoms with Crippen LogP contribution in [0.4, 0.5) is 0 Å². The molecule has 0 bridgehead atoms. The quantitative estimate of drug-likeness (QED) is 0.501. The maximum absolute atomic E-state index is 6.00. The largest absolute Gasteiger partial charge is 0.382 e. The zero-order chi connectivity index (χ0) is 17.4. The third kappa shape index (κ3) is 6.18. The van der Waals surface area contributed by atoms with E-state index in [1.807, 2.05) is 18.2 Å². The number of guanidine groups is 1. The first-order chi connectivity index (χ1) is 11.5. The number of hydrogen-bond donors (Lipinski definition) is 3. The summed E-state index contributed by atoms with van der Waals surface area (Å²) < 4.78 is 0. The molecule has 0 aromatic carbocycles. The smallest absolute Gasteiger partial charge is 0.191 e. The highest BCUT2D eigenvalue weighted by atomic mass is 15.2. The van der Waals surface area contributed by atoms with Crippen LogP contribution in [0.3, 0.4) is 0 Å². The highest BCUT2D eigenvalue weighted by Gasteiger charge is 2.20. The standard InChI is InChI=1S/C18H30N6/c1-14(12-23-16(19)15-6-4-5-9-20-15)7-8-18(2,3)13-24-17-21-10-11-22-17/h4-6,9,14H,7-8,10-13H2,1-3H3,(H2,19,23)(H2,21,22,24). The van der Waals surface area contributed by atoms with Crippen LogP contribution < -0.4 is 16.4 Å². The van der Waals surface area contributed by atoms with Crippen LogP contribution in [0.25, 0.3) is 0 Å². The van der Waals surface area contributed by atoms with Crippen LogP contribution in [-0.2, 0) is 0 Å². The molecule has 6 heteroatoms. The monoisotopic (exact) mass is 330 g/mol. The van der Waals surface area contributed by atoms with Crippen molar-refractivity contribution in [2.75, 3.05) is 26.2 Å². The highest BCUT2D eigenvalue weighted by molar-refractivity contribution is 5.95. The summed E-state index contributed by atoms with van der Waals surface area (Å²) in [6.45, 7) is 10.3. The molecule has 0 amide bonds. The number of nitrogens with one attached hydrogen (secondary N) is 2. The molecule has 0 fully saturated rings. The fourth-order valence-corrected chi connectivity index (χ4v) is 2.51. The number of pyridine rings is 1. The molecule has 4 N–H and O–H groups in total. The maximum Gasteiger partial charge on any atom is 0.191 e. The normalized spacial score (nSPS) is 16.5. The predicted molar refractivity (Wildman–Crippen MR) is 100 cm³/mol. The Morgan fingerprint density at radius 2 is 2.29 bits per heavy atom. The van der Waals surface area contributed by atoms with Crippen LogP contribution in [0, 0.1) is 11.3 Å². The van der Waals surface area contributed by atoms with Gasteiger partial charge in [0.25, 0.3) is 0 Å². The molecule has 0 aliphatic carbocycles. The van der Waals surface area contributed by atoms with Gasteiger partial charge in [0.1, 0.15) is 11.5 Å². The number of nitrogens with two attached hydrogens (primary N) is 1. The van der Waals surface area contributed by atoms with Crippen molar-refractivity contribution >= 4 is 11.8 Å². The first-order valence-electron chi connectivity index (χ1n) is 8.70. The minimum absolute atomic E-state index is 0.220. The lowest BCUT2D eigenvalue weighted by molar-refractivity contribution is 0.299. The van der Waals surface area contributed by atoms with Crippen LogP contribution in [-0.4, -0.2) is 43.0 Å².